The number of hydrogen-bond acceptors (Lipinski definition) is 3. The van der Waals surface area contributed by atoms with Gasteiger partial charge in [-0.2, -0.15) is 0 Å². The lowest BCUT2D eigenvalue weighted by atomic mass is 9.90. The summed E-state index contributed by atoms with van der Waals surface area (Å²) in [5.41, 5.74) is -0.224. The minimum atomic E-state index is -0.224. The smallest absolute Gasteiger partial charge is 0.152 e. The van der Waals surface area contributed by atoms with Crippen LogP contribution in [0.2, 0.25) is 0 Å². The van der Waals surface area contributed by atoms with Crippen LogP contribution in [0.1, 0.15) is 27.7 Å². The number of hydrogen-bond donors (Lipinski definition) is 0. The SMILES string of the molecule is CC1COCCN1CC(=O)C(C)(C)C. The van der Waals surface area contributed by atoms with Crippen molar-refractivity contribution >= 4 is 5.78 Å². The van der Waals surface area contributed by atoms with Crippen molar-refractivity contribution < 1.29 is 9.53 Å². The van der Waals surface area contributed by atoms with Crippen LogP contribution in [0.25, 0.3) is 0 Å². The first-order chi connectivity index (χ1) is 6.41. The highest BCUT2D eigenvalue weighted by Gasteiger charge is 2.27. The molecule has 0 aromatic rings. The summed E-state index contributed by atoms with van der Waals surface area (Å²) in [4.78, 5) is 14.0. The molecule has 0 aromatic heterocycles. The monoisotopic (exact) mass is 199 g/mol. The molecule has 0 aliphatic carbocycles. The van der Waals surface area contributed by atoms with Gasteiger partial charge in [-0.3, -0.25) is 9.69 Å². The molecule has 0 radical (unpaired) electrons. The van der Waals surface area contributed by atoms with E-state index in [0.29, 0.717) is 18.4 Å². The number of ether oxygens (including phenoxy) is 1. The summed E-state index contributed by atoms with van der Waals surface area (Å²) in [6, 6.07) is 0.370. The van der Waals surface area contributed by atoms with Gasteiger partial charge < -0.3 is 4.74 Å². The lowest BCUT2D eigenvalue weighted by Gasteiger charge is -2.34. The topological polar surface area (TPSA) is 29.5 Å². The molecule has 0 bridgehead atoms. The number of ketones is 1. The van der Waals surface area contributed by atoms with Crippen LogP contribution in [-0.4, -0.2) is 43.0 Å². The van der Waals surface area contributed by atoms with Crippen LogP contribution in [0.4, 0.5) is 0 Å². The fourth-order valence-electron chi connectivity index (χ4n) is 1.42. The molecule has 1 rings (SSSR count). The van der Waals surface area contributed by atoms with Gasteiger partial charge in [0.25, 0.3) is 0 Å². The summed E-state index contributed by atoms with van der Waals surface area (Å²) < 4.78 is 5.33. The molecule has 14 heavy (non-hydrogen) atoms. The number of rotatable bonds is 2. The number of carbonyl (C=O) groups excluding carboxylic acids is 1. The summed E-state index contributed by atoms with van der Waals surface area (Å²) in [6.45, 7) is 11.0. The van der Waals surface area contributed by atoms with E-state index >= 15 is 0 Å². The van der Waals surface area contributed by atoms with Crippen molar-refractivity contribution in [2.75, 3.05) is 26.3 Å². The second kappa shape index (κ2) is 4.41. The van der Waals surface area contributed by atoms with Gasteiger partial charge >= 0.3 is 0 Å². The Hall–Kier alpha value is -0.410. The maximum absolute atomic E-state index is 11.8. The molecule has 1 heterocycles. The predicted octanol–water partition coefficient (Wildman–Crippen LogP) is 1.32. The largest absolute Gasteiger partial charge is 0.379 e. The van der Waals surface area contributed by atoms with E-state index < -0.39 is 0 Å². The van der Waals surface area contributed by atoms with Gasteiger partial charge in [-0.05, 0) is 6.92 Å². The van der Waals surface area contributed by atoms with Crippen molar-refractivity contribution in [3.8, 4) is 0 Å². The second-order valence-corrected chi connectivity index (χ2v) is 5.07. The summed E-state index contributed by atoms with van der Waals surface area (Å²) in [5.74, 6) is 0.311. The first-order valence-corrected chi connectivity index (χ1v) is 5.26. The first-order valence-electron chi connectivity index (χ1n) is 5.26. The van der Waals surface area contributed by atoms with Crippen molar-refractivity contribution in [1.82, 2.24) is 4.90 Å². The van der Waals surface area contributed by atoms with E-state index in [-0.39, 0.29) is 5.41 Å². The van der Waals surface area contributed by atoms with Crippen LogP contribution < -0.4 is 0 Å². The Labute approximate surface area is 86.4 Å². The molecular weight excluding hydrogens is 178 g/mol. The van der Waals surface area contributed by atoms with E-state index in [0.717, 1.165) is 19.8 Å². The third-order valence-corrected chi connectivity index (χ3v) is 2.69. The summed E-state index contributed by atoms with van der Waals surface area (Å²) >= 11 is 0. The molecule has 0 saturated carbocycles. The fourth-order valence-corrected chi connectivity index (χ4v) is 1.42. The van der Waals surface area contributed by atoms with E-state index in [1.54, 1.807) is 0 Å². The zero-order chi connectivity index (χ0) is 10.8. The molecule has 1 aliphatic heterocycles. The van der Waals surface area contributed by atoms with Crippen molar-refractivity contribution in [3.05, 3.63) is 0 Å². The standard InChI is InChI=1S/C11H21NO2/c1-9-8-14-6-5-12(9)7-10(13)11(2,3)4/h9H,5-8H2,1-4H3. The molecule has 3 nitrogen and oxygen atoms in total. The molecule has 1 aliphatic rings. The van der Waals surface area contributed by atoms with Crippen LogP contribution in [0.3, 0.4) is 0 Å². The molecule has 3 heteroatoms. The van der Waals surface area contributed by atoms with Gasteiger partial charge in [-0.15, -0.1) is 0 Å². The maximum Gasteiger partial charge on any atom is 0.152 e. The maximum atomic E-state index is 11.8. The lowest BCUT2D eigenvalue weighted by Crippen LogP contribution is -2.47. The fraction of sp³-hybridized carbons (Fsp3) is 0.909. The summed E-state index contributed by atoms with van der Waals surface area (Å²) in [6.07, 6.45) is 0. The number of carbonyl (C=O) groups is 1. The van der Waals surface area contributed by atoms with E-state index in [2.05, 4.69) is 11.8 Å². The summed E-state index contributed by atoms with van der Waals surface area (Å²) in [7, 11) is 0. The molecular formula is C11H21NO2. The zero-order valence-electron chi connectivity index (χ0n) is 9.67. The van der Waals surface area contributed by atoms with Gasteiger partial charge in [-0.25, -0.2) is 0 Å². The quantitative estimate of drug-likeness (QED) is 0.672. The van der Waals surface area contributed by atoms with E-state index in [1.807, 2.05) is 20.8 Å². The van der Waals surface area contributed by atoms with Crippen molar-refractivity contribution in [1.29, 1.82) is 0 Å². The third-order valence-electron chi connectivity index (χ3n) is 2.69. The number of nitrogens with zero attached hydrogens (tertiary/aromatic N) is 1. The second-order valence-electron chi connectivity index (χ2n) is 5.07. The first kappa shape index (κ1) is 11.7. The third kappa shape index (κ3) is 3.07. The molecule has 1 fully saturated rings. The van der Waals surface area contributed by atoms with Crippen LogP contribution in [-0.2, 0) is 9.53 Å². The van der Waals surface area contributed by atoms with Gasteiger partial charge in [-0.1, -0.05) is 20.8 Å². The Morgan fingerprint density at radius 1 is 1.50 bits per heavy atom. The molecule has 0 aromatic carbocycles. The van der Waals surface area contributed by atoms with E-state index in [9.17, 15) is 4.79 Å². The molecule has 0 amide bonds. The molecule has 1 atom stereocenters. The van der Waals surface area contributed by atoms with Crippen LogP contribution in [0, 0.1) is 5.41 Å². The Morgan fingerprint density at radius 2 is 2.14 bits per heavy atom. The molecule has 1 saturated heterocycles. The predicted molar refractivity (Wildman–Crippen MR) is 56.3 cm³/mol. The van der Waals surface area contributed by atoms with Gasteiger partial charge in [0.1, 0.15) is 0 Å². The van der Waals surface area contributed by atoms with Gasteiger partial charge in [0.15, 0.2) is 5.78 Å². The molecule has 1 unspecified atom stereocenters. The highest BCUT2D eigenvalue weighted by molar-refractivity contribution is 5.85. The van der Waals surface area contributed by atoms with Crippen molar-refractivity contribution in [3.63, 3.8) is 0 Å². The minimum Gasteiger partial charge on any atom is -0.379 e. The average Bonchev–Trinajstić information content (AvgIpc) is 2.07. The highest BCUT2D eigenvalue weighted by atomic mass is 16.5. The number of Topliss-reactive ketones (excluding diaryl/α,β-unsaturated/α-hetero) is 1. The minimum absolute atomic E-state index is 0.224. The van der Waals surface area contributed by atoms with Gasteiger partial charge in [0.2, 0.25) is 0 Å². The Bertz CT molecular complexity index is 208. The van der Waals surface area contributed by atoms with Crippen LogP contribution in [0.15, 0.2) is 0 Å². The Morgan fingerprint density at radius 3 is 2.64 bits per heavy atom. The van der Waals surface area contributed by atoms with Crippen LogP contribution in [0.5, 0.6) is 0 Å². The van der Waals surface area contributed by atoms with E-state index in [4.69, 9.17) is 4.74 Å². The van der Waals surface area contributed by atoms with Gasteiger partial charge in [0, 0.05) is 18.0 Å². The Balaban J connectivity index is 2.46. The molecule has 0 N–H and O–H groups in total. The van der Waals surface area contributed by atoms with Crippen molar-refractivity contribution in [2.24, 2.45) is 5.41 Å². The zero-order valence-corrected chi connectivity index (χ0v) is 9.67. The highest BCUT2D eigenvalue weighted by Crippen LogP contribution is 2.16. The van der Waals surface area contributed by atoms with E-state index in [1.165, 1.54) is 0 Å². The average molecular weight is 199 g/mol. The molecule has 82 valence electrons. The van der Waals surface area contributed by atoms with Crippen LogP contribution >= 0.6 is 0 Å². The normalized spacial score (nSPS) is 25.0. The van der Waals surface area contributed by atoms with Gasteiger partial charge in [0.05, 0.1) is 19.8 Å². The Kier molecular flexibility index (Phi) is 3.67. The summed E-state index contributed by atoms with van der Waals surface area (Å²) in [5, 5.41) is 0. The van der Waals surface area contributed by atoms with Crippen molar-refractivity contribution in [2.45, 2.75) is 33.7 Å². The molecule has 0 spiro atoms. The lowest BCUT2D eigenvalue weighted by molar-refractivity contribution is -0.129. The number of morpholine rings is 1.